The van der Waals surface area contributed by atoms with Crippen LogP contribution in [0.2, 0.25) is 5.02 Å². The van der Waals surface area contributed by atoms with Crippen LogP contribution in [0, 0.1) is 0 Å². The van der Waals surface area contributed by atoms with Crippen molar-refractivity contribution in [3.8, 4) is 5.88 Å². The van der Waals surface area contributed by atoms with Crippen LogP contribution < -0.4 is 8.69 Å². The quantitative estimate of drug-likeness (QED) is 0.424. The first-order valence-electron chi connectivity index (χ1n) is 3.08. The summed E-state index contributed by atoms with van der Waals surface area (Å²) in [5, 5.41) is 2.51. The van der Waals surface area contributed by atoms with Gasteiger partial charge in [-0.05, 0) is 0 Å². The molecule has 0 spiro atoms. The molecule has 9 heteroatoms. The molecule has 0 fully saturated rings. The minimum atomic E-state index is -5.42. The van der Waals surface area contributed by atoms with Crippen molar-refractivity contribution in [1.82, 2.24) is 0 Å². The molecule has 1 rings (SSSR count). The number of hydrogen-bond acceptors (Lipinski definition) is 5. The van der Waals surface area contributed by atoms with E-state index in [2.05, 4.69) is 0 Å². The third-order valence-corrected chi connectivity index (χ3v) is 2.22. The molecule has 5 nitrogen and oxygen atoms in total. The summed E-state index contributed by atoms with van der Waals surface area (Å²) in [5.74, 6) is 0.724. The van der Waals surface area contributed by atoms with Crippen molar-refractivity contribution >= 4 is 33.6 Å². The van der Waals surface area contributed by atoms with Gasteiger partial charge in [-0.3, -0.25) is 0 Å². The molecule has 0 bridgehead atoms. The topological polar surface area (TPSA) is 70.3 Å². The highest BCUT2D eigenvalue weighted by atomic mass is 35.5. The van der Waals surface area contributed by atoms with Gasteiger partial charge in [-0.25, -0.2) is 8.42 Å². The minimum Gasteiger partial charge on any atom is -0.722 e. The van der Waals surface area contributed by atoms with Crippen molar-refractivity contribution in [2.75, 3.05) is 7.11 Å². The molecular formula is C5H7ClFNO4S2. The molecule has 0 radical (unpaired) electrons. The van der Waals surface area contributed by atoms with E-state index < -0.39 is 10.5 Å². The Hall–Kier alpha value is -0.440. The van der Waals surface area contributed by atoms with Crippen LogP contribution in [0.4, 0.5) is 3.89 Å². The molecule has 0 atom stereocenters. The number of halogens is 2. The van der Waals surface area contributed by atoms with E-state index in [1.54, 1.807) is 7.11 Å². The van der Waals surface area contributed by atoms with Gasteiger partial charge in [0.05, 0.1) is 12.5 Å². The van der Waals surface area contributed by atoms with Crippen LogP contribution >= 0.6 is 23.1 Å². The highest BCUT2D eigenvalue weighted by molar-refractivity contribution is 7.80. The summed E-state index contributed by atoms with van der Waals surface area (Å²) in [5.41, 5.74) is 0. The fraction of sp³-hybridized carbons (Fsp3) is 0.400. The van der Waals surface area contributed by atoms with Gasteiger partial charge in [0, 0.05) is 0 Å². The van der Waals surface area contributed by atoms with Crippen LogP contribution in [0.5, 0.6) is 5.88 Å². The van der Waals surface area contributed by atoms with Gasteiger partial charge in [0.25, 0.3) is 10.5 Å². The first-order valence-corrected chi connectivity index (χ1v) is 5.61. The maximum Gasteiger partial charge on any atom is 0.401 e. The predicted molar refractivity (Wildman–Crippen MR) is 47.9 cm³/mol. The summed E-state index contributed by atoms with van der Waals surface area (Å²) in [4.78, 5) is 0. The summed E-state index contributed by atoms with van der Waals surface area (Å²) in [6.45, 7) is 0. The van der Waals surface area contributed by atoms with Crippen molar-refractivity contribution in [2.24, 2.45) is 7.05 Å². The molecule has 0 unspecified atom stereocenters. The molecule has 0 aliphatic rings. The van der Waals surface area contributed by atoms with Crippen molar-refractivity contribution in [2.45, 2.75) is 0 Å². The second-order valence-corrected chi connectivity index (χ2v) is 4.16. The number of nitrogens with zero attached hydrogens (tertiary/aromatic N) is 1. The van der Waals surface area contributed by atoms with Crippen molar-refractivity contribution in [3.63, 3.8) is 0 Å². The number of methoxy groups -OCH3 is 1. The van der Waals surface area contributed by atoms with Crippen LogP contribution in [0.3, 0.4) is 0 Å². The van der Waals surface area contributed by atoms with E-state index in [0.29, 0.717) is 5.02 Å². The van der Waals surface area contributed by atoms with E-state index in [0.717, 1.165) is 5.88 Å². The molecule has 1 aromatic heterocycles. The third kappa shape index (κ3) is 6.08. The molecular weight excluding hydrogens is 257 g/mol. The highest BCUT2D eigenvalue weighted by Crippen LogP contribution is 2.20. The fourth-order valence-electron chi connectivity index (χ4n) is 0.600. The van der Waals surface area contributed by atoms with Crippen molar-refractivity contribution in [1.29, 1.82) is 0 Å². The summed E-state index contributed by atoms with van der Waals surface area (Å²) >= 11 is 7.23. The fourth-order valence-corrected chi connectivity index (χ4v) is 1.59. The van der Waals surface area contributed by atoms with Gasteiger partial charge < -0.3 is 9.29 Å². The molecule has 0 aliphatic heterocycles. The molecule has 0 amide bonds. The Labute approximate surface area is 89.9 Å². The van der Waals surface area contributed by atoms with E-state index >= 15 is 0 Å². The lowest BCUT2D eigenvalue weighted by Gasteiger charge is -1.87. The molecule has 0 saturated carbocycles. The maximum absolute atomic E-state index is 10.1. The predicted octanol–water partition coefficient (Wildman–Crippen LogP) is 0.651. The zero-order chi connectivity index (χ0) is 11.4. The van der Waals surface area contributed by atoms with Gasteiger partial charge in [0.1, 0.15) is 11.5 Å². The maximum atomic E-state index is 10.1. The number of rotatable bonds is 1. The van der Waals surface area contributed by atoms with Crippen molar-refractivity contribution in [3.05, 3.63) is 10.4 Å². The Bertz CT molecular complexity index is 363. The minimum absolute atomic E-state index is 0.671. The second-order valence-electron chi connectivity index (χ2n) is 1.97. The Balaban J connectivity index is 0.000000292. The molecule has 82 valence electrons. The van der Waals surface area contributed by atoms with Gasteiger partial charge in [-0.2, -0.15) is 0 Å². The zero-order valence-electron chi connectivity index (χ0n) is 7.23. The van der Waals surface area contributed by atoms with Gasteiger partial charge in [-0.15, -0.1) is 7.84 Å². The van der Waals surface area contributed by atoms with Gasteiger partial charge >= 0.3 is 5.88 Å². The Morgan fingerprint density at radius 3 is 2.29 bits per heavy atom. The highest BCUT2D eigenvalue weighted by Gasteiger charge is 2.14. The molecule has 0 N–H and O–H groups in total. The van der Waals surface area contributed by atoms with E-state index in [4.69, 9.17) is 29.3 Å². The van der Waals surface area contributed by atoms with E-state index in [-0.39, 0.29) is 0 Å². The van der Waals surface area contributed by atoms with E-state index in [9.17, 15) is 3.89 Å². The number of hydrogen-bond donors (Lipinski definition) is 0. The average Bonchev–Trinajstić information content (AvgIpc) is 2.27. The molecule has 1 heterocycles. The van der Waals surface area contributed by atoms with Crippen LogP contribution in [0.25, 0.3) is 0 Å². The lowest BCUT2D eigenvalue weighted by Crippen LogP contribution is -2.23. The molecule has 14 heavy (non-hydrogen) atoms. The summed E-state index contributed by atoms with van der Waals surface area (Å²) in [6.07, 6.45) is 0. The number of aromatic nitrogens is 1. The number of aryl methyl sites for hydroxylation is 1. The van der Waals surface area contributed by atoms with E-state index in [1.165, 1.54) is 11.5 Å². The smallest absolute Gasteiger partial charge is 0.401 e. The number of ether oxygens (including phenoxy) is 1. The molecule has 0 saturated heterocycles. The zero-order valence-corrected chi connectivity index (χ0v) is 9.62. The molecule has 1 aromatic rings. The van der Waals surface area contributed by atoms with Crippen LogP contribution in [-0.4, -0.2) is 20.1 Å². The lowest BCUT2D eigenvalue weighted by molar-refractivity contribution is -0.607. The summed E-state index contributed by atoms with van der Waals surface area (Å²) < 4.78 is 42.2. The molecule has 0 aromatic carbocycles. The van der Waals surface area contributed by atoms with Gasteiger partial charge in [-0.1, -0.05) is 11.6 Å². The standard InChI is InChI=1S/C5H7ClNOS.FHO3S/c1-7-5(8-2)4(6)3-9-7;1-5(2,3)4/h3H,1-2H3;(H,2,3,4)/q+1;/p-1. The largest absolute Gasteiger partial charge is 0.722 e. The van der Waals surface area contributed by atoms with Crippen LogP contribution in [0.15, 0.2) is 5.38 Å². The summed E-state index contributed by atoms with van der Waals surface area (Å²) in [6, 6.07) is 0. The first-order chi connectivity index (χ1) is 6.25. The Kier molecular flexibility index (Phi) is 5.27. The second kappa shape index (κ2) is 5.44. The normalized spacial score (nSPS) is 10.4. The third-order valence-electron chi connectivity index (χ3n) is 0.998. The summed E-state index contributed by atoms with van der Waals surface area (Å²) in [7, 11) is -1.91. The Morgan fingerprint density at radius 2 is 2.14 bits per heavy atom. The lowest BCUT2D eigenvalue weighted by atomic mass is 10.7. The monoisotopic (exact) mass is 263 g/mol. The SMILES string of the molecule is COc1c(Cl)cs[n+]1C.O=S(=O)([O-])F. The van der Waals surface area contributed by atoms with Gasteiger partial charge in [0.2, 0.25) is 0 Å². The average molecular weight is 264 g/mol. The van der Waals surface area contributed by atoms with Gasteiger partial charge in [0.15, 0.2) is 12.1 Å². The molecule has 0 aliphatic carbocycles. The van der Waals surface area contributed by atoms with Crippen molar-refractivity contribution < 1.29 is 25.5 Å². The Morgan fingerprint density at radius 1 is 1.71 bits per heavy atom. The van der Waals surface area contributed by atoms with Crippen LogP contribution in [-0.2, 0) is 17.6 Å². The van der Waals surface area contributed by atoms with E-state index in [1.807, 2.05) is 16.4 Å². The first kappa shape index (κ1) is 13.6. The van der Waals surface area contributed by atoms with Crippen LogP contribution in [0.1, 0.15) is 0 Å².